The molecular formula is C20H18ClF3N2O3. The van der Waals surface area contributed by atoms with Crippen LogP contribution in [0.3, 0.4) is 0 Å². The first-order valence-corrected chi connectivity index (χ1v) is 9.06. The molecule has 1 saturated heterocycles. The summed E-state index contributed by atoms with van der Waals surface area (Å²) in [7, 11) is 2.95. The average molecular weight is 427 g/mol. The Morgan fingerprint density at radius 1 is 1.21 bits per heavy atom. The van der Waals surface area contributed by atoms with E-state index in [4.69, 9.17) is 16.3 Å². The van der Waals surface area contributed by atoms with Crippen molar-refractivity contribution in [2.75, 3.05) is 26.0 Å². The Morgan fingerprint density at radius 2 is 1.86 bits per heavy atom. The number of para-hydroxylation sites is 1. The molecule has 1 heterocycles. The third kappa shape index (κ3) is 4.17. The molecule has 0 aliphatic carbocycles. The van der Waals surface area contributed by atoms with E-state index in [1.807, 2.05) is 0 Å². The van der Waals surface area contributed by atoms with Gasteiger partial charge in [-0.25, -0.2) is 0 Å². The Morgan fingerprint density at radius 3 is 2.45 bits per heavy atom. The molecule has 1 fully saturated rings. The highest BCUT2D eigenvalue weighted by Gasteiger charge is 2.44. The largest absolute Gasteiger partial charge is 0.493 e. The number of carbonyl (C=O) groups excluding carboxylic acids is 2. The first-order valence-electron chi connectivity index (χ1n) is 8.69. The van der Waals surface area contributed by atoms with E-state index in [0.717, 1.165) is 12.1 Å². The van der Waals surface area contributed by atoms with Crippen LogP contribution in [0, 0.1) is 5.92 Å². The molecule has 2 aromatic rings. The van der Waals surface area contributed by atoms with Crippen molar-refractivity contribution in [2.45, 2.75) is 12.1 Å². The van der Waals surface area contributed by atoms with Gasteiger partial charge in [0, 0.05) is 19.5 Å². The molecule has 0 aromatic heterocycles. The van der Waals surface area contributed by atoms with Gasteiger partial charge in [-0.05, 0) is 29.8 Å². The van der Waals surface area contributed by atoms with Gasteiger partial charge in [-0.1, -0.05) is 29.8 Å². The maximum absolute atomic E-state index is 12.9. The van der Waals surface area contributed by atoms with Crippen LogP contribution in [0.4, 0.5) is 18.9 Å². The van der Waals surface area contributed by atoms with Crippen molar-refractivity contribution in [1.29, 1.82) is 0 Å². The number of nitrogens with one attached hydrogen (secondary N) is 1. The summed E-state index contributed by atoms with van der Waals surface area (Å²) in [5.41, 5.74) is -0.00368. The first kappa shape index (κ1) is 21.0. The highest BCUT2D eigenvalue weighted by Crippen LogP contribution is 2.38. The monoisotopic (exact) mass is 426 g/mol. The Labute approximate surface area is 170 Å². The van der Waals surface area contributed by atoms with Gasteiger partial charge < -0.3 is 15.0 Å². The standard InChI is InChI=1S/C20H18ClF3N2O3/c1-26-10-13(11-6-8-12(9-7-11)20(22,23)24)16(19(26)28)18(27)25-15-5-3-4-14(21)17(15)29-2/h3-9,13,16H,10H2,1-2H3,(H,25,27)/t13-,16+/m1/s1. The van der Waals surface area contributed by atoms with Gasteiger partial charge in [0.2, 0.25) is 11.8 Å². The van der Waals surface area contributed by atoms with Crippen LogP contribution in [0.15, 0.2) is 42.5 Å². The van der Waals surface area contributed by atoms with Crippen LogP contribution in [0.25, 0.3) is 0 Å². The van der Waals surface area contributed by atoms with E-state index in [1.54, 1.807) is 25.2 Å². The highest BCUT2D eigenvalue weighted by molar-refractivity contribution is 6.32. The Balaban J connectivity index is 1.89. The number of anilines is 1. The second-order valence-corrected chi connectivity index (χ2v) is 7.14. The number of benzene rings is 2. The number of ether oxygens (including phenoxy) is 1. The molecule has 0 radical (unpaired) electrons. The summed E-state index contributed by atoms with van der Waals surface area (Å²) in [5, 5.41) is 2.95. The molecule has 2 aromatic carbocycles. The van der Waals surface area contributed by atoms with Crippen LogP contribution in [-0.4, -0.2) is 37.4 Å². The van der Waals surface area contributed by atoms with Gasteiger partial charge in [0.15, 0.2) is 5.75 Å². The zero-order chi connectivity index (χ0) is 21.3. The van der Waals surface area contributed by atoms with Crippen LogP contribution in [0.1, 0.15) is 17.0 Å². The van der Waals surface area contributed by atoms with Crippen molar-refractivity contribution in [3.8, 4) is 5.75 Å². The number of methoxy groups -OCH3 is 1. The topological polar surface area (TPSA) is 58.6 Å². The molecule has 2 amide bonds. The van der Waals surface area contributed by atoms with Gasteiger partial charge in [-0.2, -0.15) is 13.2 Å². The zero-order valence-corrected chi connectivity index (χ0v) is 16.3. The number of nitrogens with zero attached hydrogens (tertiary/aromatic N) is 1. The number of amides is 2. The molecule has 0 spiro atoms. The Kier molecular flexibility index (Phi) is 5.75. The first-order chi connectivity index (χ1) is 13.6. The van der Waals surface area contributed by atoms with Gasteiger partial charge in [-0.3, -0.25) is 9.59 Å². The van der Waals surface area contributed by atoms with E-state index in [0.29, 0.717) is 16.3 Å². The summed E-state index contributed by atoms with van der Waals surface area (Å²) in [4.78, 5) is 26.9. The lowest BCUT2D eigenvalue weighted by molar-refractivity contribution is -0.138. The minimum absolute atomic E-state index is 0.217. The fourth-order valence-corrected chi connectivity index (χ4v) is 3.69. The maximum Gasteiger partial charge on any atom is 0.416 e. The van der Waals surface area contributed by atoms with Crippen LogP contribution in [0.2, 0.25) is 5.02 Å². The minimum atomic E-state index is -4.46. The quantitative estimate of drug-likeness (QED) is 0.746. The van der Waals surface area contributed by atoms with E-state index >= 15 is 0 Å². The Bertz CT molecular complexity index is 932. The molecule has 2 atom stereocenters. The van der Waals surface area contributed by atoms with Crippen molar-refractivity contribution >= 4 is 29.1 Å². The number of carbonyl (C=O) groups is 2. The Hall–Kier alpha value is -2.74. The van der Waals surface area contributed by atoms with Crippen LogP contribution >= 0.6 is 11.6 Å². The lowest BCUT2D eigenvalue weighted by atomic mass is 9.87. The minimum Gasteiger partial charge on any atom is -0.493 e. The van der Waals surface area contributed by atoms with Gasteiger partial charge in [0.1, 0.15) is 5.92 Å². The highest BCUT2D eigenvalue weighted by atomic mass is 35.5. The summed E-state index contributed by atoms with van der Waals surface area (Å²) in [6, 6.07) is 9.31. The van der Waals surface area contributed by atoms with Gasteiger partial charge >= 0.3 is 6.18 Å². The lowest BCUT2D eigenvalue weighted by Gasteiger charge is -2.19. The molecule has 1 N–H and O–H groups in total. The molecule has 0 saturated carbocycles. The predicted octanol–water partition coefficient (Wildman–Crippen LogP) is 4.18. The van der Waals surface area contributed by atoms with E-state index in [9.17, 15) is 22.8 Å². The lowest BCUT2D eigenvalue weighted by Crippen LogP contribution is -2.32. The molecule has 3 rings (SSSR count). The maximum atomic E-state index is 12.9. The van der Waals surface area contributed by atoms with Crippen molar-refractivity contribution in [2.24, 2.45) is 5.92 Å². The van der Waals surface area contributed by atoms with E-state index in [2.05, 4.69) is 5.32 Å². The van der Waals surface area contributed by atoms with E-state index in [1.165, 1.54) is 24.1 Å². The van der Waals surface area contributed by atoms with Crippen molar-refractivity contribution < 1.29 is 27.5 Å². The van der Waals surface area contributed by atoms with Crippen molar-refractivity contribution in [3.05, 3.63) is 58.6 Å². The molecular weight excluding hydrogens is 409 g/mol. The summed E-state index contributed by atoms with van der Waals surface area (Å²) in [5.74, 6) is -2.40. The fraction of sp³-hybridized carbons (Fsp3) is 0.300. The van der Waals surface area contributed by atoms with Crippen molar-refractivity contribution in [1.82, 2.24) is 4.90 Å². The number of likely N-dealkylation sites (tertiary alicyclic amines) is 1. The normalized spacial score (nSPS) is 19.4. The molecule has 9 heteroatoms. The third-order valence-corrected chi connectivity index (χ3v) is 5.19. The zero-order valence-electron chi connectivity index (χ0n) is 15.6. The van der Waals surface area contributed by atoms with Crippen LogP contribution in [0.5, 0.6) is 5.75 Å². The smallest absolute Gasteiger partial charge is 0.416 e. The molecule has 0 unspecified atom stereocenters. The summed E-state index contributed by atoms with van der Waals surface area (Å²) < 4.78 is 43.7. The number of halogens is 4. The van der Waals surface area contributed by atoms with Gasteiger partial charge in [0.25, 0.3) is 0 Å². The van der Waals surface area contributed by atoms with E-state index < -0.39 is 35.4 Å². The summed E-state index contributed by atoms with van der Waals surface area (Å²) in [6.45, 7) is 0.217. The number of hydrogen-bond acceptors (Lipinski definition) is 3. The molecule has 1 aliphatic heterocycles. The second-order valence-electron chi connectivity index (χ2n) is 6.73. The number of hydrogen-bond donors (Lipinski definition) is 1. The average Bonchev–Trinajstić information content (AvgIpc) is 2.96. The van der Waals surface area contributed by atoms with Crippen molar-refractivity contribution in [3.63, 3.8) is 0 Å². The fourth-order valence-electron chi connectivity index (χ4n) is 3.44. The van der Waals surface area contributed by atoms with Gasteiger partial charge in [0.05, 0.1) is 23.4 Å². The number of likely N-dealkylation sites (N-methyl/N-ethyl adjacent to an activating group) is 1. The third-order valence-electron chi connectivity index (χ3n) is 4.89. The predicted molar refractivity (Wildman–Crippen MR) is 102 cm³/mol. The van der Waals surface area contributed by atoms with E-state index in [-0.39, 0.29) is 12.3 Å². The molecule has 5 nitrogen and oxygen atoms in total. The van der Waals surface area contributed by atoms with Crippen LogP contribution < -0.4 is 10.1 Å². The number of alkyl halides is 3. The molecule has 29 heavy (non-hydrogen) atoms. The SMILES string of the molecule is COc1c(Cl)cccc1NC(=O)[C@H]1C(=O)N(C)C[C@@H]1c1ccc(C(F)(F)F)cc1. The molecule has 0 bridgehead atoms. The summed E-state index contributed by atoms with van der Waals surface area (Å²) >= 11 is 6.06. The second kappa shape index (κ2) is 7.94. The molecule has 1 aliphatic rings. The van der Waals surface area contributed by atoms with Gasteiger partial charge in [-0.15, -0.1) is 0 Å². The molecule has 154 valence electrons. The summed E-state index contributed by atoms with van der Waals surface area (Å²) in [6.07, 6.45) is -4.46. The van der Waals surface area contributed by atoms with Crippen LogP contribution in [-0.2, 0) is 15.8 Å². The number of rotatable bonds is 4.